The minimum atomic E-state index is -1.64. The number of carboxylic acids is 1. The molecule has 2 rings (SSSR count). The van der Waals surface area contributed by atoms with Gasteiger partial charge in [-0.25, -0.2) is 9.59 Å². The lowest BCUT2D eigenvalue weighted by Crippen LogP contribution is -2.39. The van der Waals surface area contributed by atoms with E-state index < -0.39 is 18.2 Å². The number of nitrogens with zero attached hydrogens (tertiary/aromatic N) is 3. The van der Waals surface area contributed by atoms with Crippen molar-refractivity contribution in [1.82, 2.24) is 14.7 Å². The Morgan fingerprint density at radius 3 is 2.60 bits per heavy atom. The van der Waals surface area contributed by atoms with Crippen molar-refractivity contribution in [2.75, 3.05) is 19.6 Å². The lowest BCUT2D eigenvalue weighted by molar-refractivity contribution is -0.179. The third-order valence-electron chi connectivity index (χ3n) is 4.50. The third kappa shape index (κ3) is 5.74. The molecular weight excluding hydrogens is 326 g/mol. The molecule has 8 nitrogen and oxygen atoms in total. The highest BCUT2D eigenvalue weighted by molar-refractivity contribution is 6.28. The summed E-state index contributed by atoms with van der Waals surface area (Å²) < 4.78 is 12.5. The van der Waals surface area contributed by atoms with Gasteiger partial charge in [0.2, 0.25) is 5.88 Å². The number of rotatable bonds is 8. The second-order valence-corrected chi connectivity index (χ2v) is 6.17. The van der Waals surface area contributed by atoms with Crippen molar-refractivity contribution in [3.05, 3.63) is 12.3 Å². The molecule has 0 saturated heterocycles. The van der Waals surface area contributed by atoms with Crippen LogP contribution in [0, 0.1) is 0 Å². The molecule has 0 spiro atoms. The lowest BCUT2D eigenvalue weighted by Gasteiger charge is -2.24. The topological polar surface area (TPSA) is 93.9 Å². The molecule has 1 N–H and O–H groups in total. The highest BCUT2D eigenvalue weighted by atomic mass is 16.7. The van der Waals surface area contributed by atoms with E-state index in [4.69, 9.17) is 14.6 Å². The fraction of sp³-hybridized carbons (Fsp3) is 0.706. The van der Waals surface area contributed by atoms with Crippen molar-refractivity contribution in [3.63, 3.8) is 0 Å². The van der Waals surface area contributed by atoms with Gasteiger partial charge in [-0.2, -0.15) is 0 Å². The summed E-state index contributed by atoms with van der Waals surface area (Å²) >= 11 is 0. The first kappa shape index (κ1) is 19.2. The van der Waals surface area contributed by atoms with Crippen LogP contribution in [0.2, 0.25) is 0 Å². The van der Waals surface area contributed by atoms with Gasteiger partial charge in [0.05, 0.1) is 12.6 Å². The van der Waals surface area contributed by atoms with Crippen LogP contribution in [0.25, 0.3) is 0 Å². The number of likely N-dealkylation sites (N-methyl/N-ethyl adjacent to an activating group) is 1. The first-order valence-corrected chi connectivity index (χ1v) is 8.91. The van der Waals surface area contributed by atoms with Gasteiger partial charge in [0.25, 0.3) is 6.29 Å². The van der Waals surface area contributed by atoms with Gasteiger partial charge in [-0.05, 0) is 25.9 Å². The molecule has 1 aliphatic carbocycles. The standard InChI is InChI=1S/C17H27N3O5/c1-3-19(4-2)12-15(25-17(23)16(21)22)24-14-10-11-20(18-14)13-8-6-5-7-9-13/h10-11,13,15H,3-9,12H2,1-2H3,(H,21,22). The summed E-state index contributed by atoms with van der Waals surface area (Å²) in [6.45, 7) is 5.69. The fourth-order valence-corrected chi connectivity index (χ4v) is 3.03. The van der Waals surface area contributed by atoms with E-state index in [1.807, 2.05) is 29.6 Å². The first-order valence-electron chi connectivity index (χ1n) is 8.91. The molecule has 0 aliphatic heterocycles. The second kappa shape index (κ2) is 9.41. The van der Waals surface area contributed by atoms with Crippen molar-refractivity contribution < 1.29 is 24.2 Å². The fourth-order valence-electron chi connectivity index (χ4n) is 3.03. The molecule has 25 heavy (non-hydrogen) atoms. The molecule has 1 atom stereocenters. The number of carbonyl (C=O) groups excluding carboxylic acids is 1. The van der Waals surface area contributed by atoms with E-state index in [1.54, 1.807) is 6.07 Å². The highest BCUT2D eigenvalue weighted by Crippen LogP contribution is 2.28. The number of hydrogen-bond donors (Lipinski definition) is 1. The van der Waals surface area contributed by atoms with Crippen LogP contribution in [0.5, 0.6) is 5.88 Å². The smallest absolute Gasteiger partial charge is 0.420 e. The molecule has 1 heterocycles. The zero-order chi connectivity index (χ0) is 18.2. The molecule has 1 unspecified atom stereocenters. The van der Waals surface area contributed by atoms with Gasteiger partial charge in [0, 0.05) is 12.3 Å². The summed E-state index contributed by atoms with van der Waals surface area (Å²) in [5.74, 6) is -2.63. The number of esters is 1. The van der Waals surface area contributed by atoms with E-state index in [0.717, 1.165) is 25.9 Å². The number of ether oxygens (including phenoxy) is 2. The average molecular weight is 353 g/mol. The number of aromatic nitrogens is 2. The number of hydrogen-bond acceptors (Lipinski definition) is 6. The molecule has 1 fully saturated rings. The Labute approximate surface area is 147 Å². The normalized spacial score (nSPS) is 16.6. The largest absolute Gasteiger partial charge is 0.473 e. The molecule has 0 radical (unpaired) electrons. The molecule has 0 amide bonds. The van der Waals surface area contributed by atoms with Crippen LogP contribution in [0.15, 0.2) is 12.3 Å². The number of aliphatic carboxylic acids is 1. The van der Waals surface area contributed by atoms with E-state index in [0.29, 0.717) is 11.9 Å². The molecular formula is C17H27N3O5. The Kier molecular flexibility index (Phi) is 7.24. The minimum absolute atomic E-state index is 0.280. The maximum absolute atomic E-state index is 11.4. The second-order valence-electron chi connectivity index (χ2n) is 6.17. The van der Waals surface area contributed by atoms with E-state index >= 15 is 0 Å². The summed E-state index contributed by atoms with van der Waals surface area (Å²) in [4.78, 5) is 24.2. The van der Waals surface area contributed by atoms with Gasteiger partial charge in [-0.3, -0.25) is 9.58 Å². The Morgan fingerprint density at radius 2 is 2.00 bits per heavy atom. The van der Waals surface area contributed by atoms with Gasteiger partial charge in [0.1, 0.15) is 0 Å². The van der Waals surface area contributed by atoms with Gasteiger partial charge >= 0.3 is 11.9 Å². The molecule has 0 bridgehead atoms. The monoisotopic (exact) mass is 353 g/mol. The van der Waals surface area contributed by atoms with Crippen LogP contribution in [-0.4, -0.2) is 57.6 Å². The summed E-state index contributed by atoms with van der Waals surface area (Å²) in [7, 11) is 0. The zero-order valence-corrected chi connectivity index (χ0v) is 14.9. The summed E-state index contributed by atoms with van der Waals surface area (Å²) in [5.41, 5.74) is 0. The van der Waals surface area contributed by atoms with E-state index in [2.05, 4.69) is 5.10 Å². The molecule has 0 aromatic carbocycles. The maximum Gasteiger partial charge on any atom is 0.420 e. The van der Waals surface area contributed by atoms with Crippen molar-refractivity contribution >= 4 is 11.9 Å². The Morgan fingerprint density at radius 1 is 1.32 bits per heavy atom. The Bertz CT molecular complexity index is 564. The van der Waals surface area contributed by atoms with Gasteiger partial charge in [-0.15, -0.1) is 5.10 Å². The van der Waals surface area contributed by atoms with E-state index in [9.17, 15) is 9.59 Å². The van der Waals surface area contributed by atoms with E-state index in [1.165, 1.54) is 19.3 Å². The summed E-state index contributed by atoms with van der Waals surface area (Å²) in [6, 6.07) is 2.09. The van der Waals surface area contributed by atoms with Crippen LogP contribution in [0.4, 0.5) is 0 Å². The van der Waals surface area contributed by atoms with Crippen LogP contribution >= 0.6 is 0 Å². The van der Waals surface area contributed by atoms with Crippen molar-refractivity contribution in [3.8, 4) is 5.88 Å². The van der Waals surface area contributed by atoms with Crippen molar-refractivity contribution in [2.24, 2.45) is 0 Å². The SMILES string of the molecule is CCN(CC)CC(OC(=O)C(=O)O)Oc1ccn(C2CCCCC2)n1. The summed E-state index contributed by atoms with van der Waals surface area (Å²) in [5, 5.41) is 13.2. The van der Waals surface area contributed by atoms with Gasteiger partial charge in [0.15, 0.2) is 0 Å². The van der Waals surface area contributed by atoms with Crippen LogP contribution < -0.4 is 4.74 Å². The van der Waals surface area contributed by atoms with Crippen LogP contribution in [0.1, 0.15) is 52.0 Å². The average Bonchev–Trinajstić information content (AvgIpc) is 3.08. The van der Waals surface area contributed by atoms with Gasteiger partial charge < -0.3 is 14.6 Å². The zero-order valence-electron chi connectivity index (χ0n) is 14.9. The maximum atomic E-state index is 11.4. The lowest BCUT2D eigenvalue weighted by atomic mass is 9.96. The van der Waals surface area contributed by atoms with E-state index in [-0.39, 0.29) is 6.54 Å². The predicted molar refractivity (Wildman–Crippen MR) is 90.3 cm³/mol. The number of carboxylic acid groups (broad SMARTS) is 1. The van der Waals surface area contributed by atoms with Gasteiger partial charge in [-0.1, -0.05) is 33.1 Å². The molecule has 8 heteroatoms. The Balaban J connectivity index is 2.02. The predicted octanol–water partition coefficient (Wildman–Crippen LogP) is 2.06. The quantitative estimate of drug-likeness (QED) is 0.434. The first-order chi connectivity index (χ1) is 12.0. The van der Waals surface area contributed by atoms with Crippen LogP contribution in [0.3, 0.4) is 0 Å². The molecule has 1 aromatic heterocycles. The highest BCUT2D eigenvalue weighted by Gasteiger charge is 2.24. The molecule has 140 valence electrons. The molecule has 1 aromatic rings. The Hall–Kier alpha value is -2.09. The molecule has 1 aliphatic rings. The van der Waals surface area contributed by atoms with Crippen molar-refractivity contribution in [1.29, 1.82) is 0 Å². The summed E-state index contributed by atoms with van der Waals surface area (Å²) in [6.07, 6.45) is 6.69. The molecule has 1 saturated carbocycles. The number of carbonyl (C=O) groups is 2. The minimum Gasteiger partial charge on any atom is -0.473 e. The van der Waals surface area contributed by atoms with Crippen LogP contribution in [-0.2, 0) is 14.3 Å². The van der Waals surface area contributed by atoms with Crippen molar-refractivity contribution in [2.45, 2.75) is 58.3 Å². The third-order valence-corrected chi connectivity index (χ3v) is 4.50.